The van der Waals surface area contributed by atoms with E-state index in [1.54, 1.807) is 80.6 Å². The van der Waals surface area contributed by atoms with Crippen LogP contribution in [0.1, 0.15) is 137 Å². The fourth-order valence-electron chi connectivity index (χ4n) is 17.3. The molecule has 0 aliphatic carbocycles. The molecule has 29 heteroatoms. The molecule has 9 heterocycles. The summed E-state index contributed by atoms with van der Waals surface area (Å²) in [7, 11) is 6.09. The average Bonchev–Trinajstić information content (AvgIpc) is 1.64. The van der Waals surface area contributed by atoms with E-state index in [0.29, 0.717) is 166 Å². The van der Waals surface area contributed by atoms with Crippen LogP contribution in [0.2, 0.25) is 0 Å². The maximum Gasteiger partial charge on any atom is 0.333 e. The zero-order valence-electron chi connectivity index (χ0n) is 69.9. The molecule has 1 fully saturated rings. The molecule has 0 radical (unpaired) electrons. The Morgan fingerprint density at radius 2 is 0.630 bits per heavy atom. The number of nitrogens with zero attached hydrogens (tertiary/aromatic N) is 9. The number of aliphatic imine (C=N–C) groups is 4. The summed E-state index contributed by atoms with van der Waals surface area (Å²) in [5.74, 6) is 0.907. The number of anilines is 4. The van der Waals surface area contributed by atoms with Crippen LogP contribution in [0.4, 0.5) is 45.5 Å². The predicted molar refractivity (Wildman–Crippen MR) is 471 cm³/mol. The van der Waals surface area contributed by atoms with Crippen LogP contribution in [0.3, 0.4) is 0 Å². The number of rotatable bonds is 29. The number of imide groups is 1. The van der Waals surface area contributed by atoms with E-state index in [4.69, 9.17) is 77.3 Å². The van der Waals surface area contributed by atoms with Crippen molar-refractivity contribution in [1.82, 2.24) is 5.06 Å². The van der Waals surface area contributed by atoms with Gasteiger partial charge in [0.1, 0.15) is 37.9 Å². The number of ether oxygens (including phenoxy) is 10. The number of aliphatic carboxylic acids is 1. The lowest BCUT2D eigenvalue weighted by Crippen LogP contribution is -2.37. The van der Waals surface area contributed by atoms with E-state index in [-0.39, 0.29) is 107 Å². The maximum absolute atomic E-state index is 14.0. The van der Waals surface area contributed by atoms with E-state index in [0.717, 1.165) is 67.3 Å². The van der Waals surface area contributed by atoms with E-state index >= 15 is 0 Å². The van der Waals surface area contributed by atoms with Gasteiger partial charge in [0.2, 0.25) is 0 Å². The number of unbranched alkanes of at least 4 members (excludes halogenated alkanes) is 2. The molecule has 9 aliphatic rings. The largest absolute Gasteiger partial charge is 0.494 e. The molecule has 19 rings (SSSR count). The van der Waals surface area contributed by atoms with Gasteiger partial charge in [-0.15, -0.1) is 5.06 Å². The molecule has 6 amide bonds. The van der Waals surface area contributed by atoms with Gasteiger partial charge in [0.15, 0.2) is 46.0 Å². The number of carbonyl (C=O) groups excluding carboxylic acids is 7. The second kappa shape index (κ2) is 36.0. The first-order chi connectivity index (χ1) is 61.9. The first-order valence-electron chi connectivity index (χ1n) is 41.9. The van der Waals surface area contributed by atoms with Gasteiger partial charge in [0.05, 0.1) is 111 Å². The highest BCUT2D eigenvalue weighted by Crippen LogP contribution is 2.48. The molecular weight excluding hydrogens is 1620 g/mol. The second-order valence-electron chi connectivity index (χ2n) is 31.7. The molecule has 29 nitrogen and oxygen atoms in total. The molecule has 127 heavy (non-hydrogen) atoms. The monoisotopic (exact) mass is 1710 g/mol. The summed E-state index contributed by atoms with van der Waals surface area (Å²) in [4.78, 5) is 134. The first-order valence-corrected chi connectivity index (χ1v) is 41.9. The minimum absolute atomic E-state index is 0.0120. The van der Waals surface area contributed by atoms with Gasteiger partial charge in [0, 0.05) is 123 Å². The summed E-state index contributed by atoms with van der Waals surface area (Å²) < 4.78 is 60.8. The van der Waals surface area contributed by atoms with Gasteiger partial charge >= 0.3 is 11.9 Å². The third-order valence-electron chi connectivity index (χ3n) is 23.4. The van der Waals surface area contributed by atoms with Gasteiger partial charge in [0.25, 0.3) is 35.4 Å². The van der Waals surface area contributed by atoms with Crippen molar-refractivity contribution in [3.05, 3.63) is 249 Å². The van der Waals surface area contributed by atoms with Crippen molar-refractivity contribution in [3.8, 4) is 57.5 Å². The second-order valence-corrected chi connectivity index (χ2v) is 31.7. The number of carbonyl (C=O) groups is 8. The van der Waals surface area contributed by atoms with Crippen molar-refractivity contribution >= 4 is 118 Å². The summed E-state index contributed by atoms with van der Waals surface area (Å²) in [5.41, 5.74) is 14.4. The van der Waals surface area contributed by atoms with Crippen molar-refractivity contribution in [1.29, 1.82) is 0 Å². The van der Waals surface area contributed by atoms with Crippen LogP contribution in [0.25, 0.3) is 0 Å². The summed E-state index contributed by atoms with van der Waals surface area (Å²) in [6.07, 6.45) is 11.9. The number of amides is 6. The number of carboxylic acids is 1. The Kier molecular flexibility index (Phi) is 23.4. The number of methoxy groups -OCH3 is 4. The van der Waals surface area contributed by atoms with Crippen molar-refractivity contribution in [3.63, 3.8) is 0 Å². The lowest BCUT2D eigenvalue weighted by Gasteiger charge is -2.22. The Labute approximate surface area is 729 Å². The maximum atomic E-state index is 14.0. The van der Waals surface area contributed by atoms with Crippen LogP contribution >= 0.6 is 0 Å². The first kappa shape index (κ1) is 82.8. The molecule has 0 saturated carbocycles. The molecular formula is C98H87N9O20. The van der Waals surface area contributed by atoms with E-state index in [1.807, 2.05) is 146 Å². The number of carboxylic acid groups (broad SMARTS) is 1. The molecule has 1 N–H and O–H groups in total. The molecule has 10 aromatic rings. The van der Waals surface area contributed by atoms with Gasteiger partial charge < -0.3 is 57.3 Å². The van der Waals surface area contributed by atoms with Crippen molar-refractivity contribution in [2.75, 3.05) is 61.3 Å². The van der Waals surface area contributed by atoms with Crippen molar-refractivity contribution < 1.29 is 95.7 Å². The van der Waals surface area contributed by atoms with Gasteiger partial charge in [-0.1, -0.05) is 72.8 Å². The van der Waals surface area contributed by atoms with Gasteiger partial charge in [-0.25, -0.2) is 4.79 Å². The fourth-order valence-corrected chi connectivity index (χ4v) is 17.3. The molecule has 4 atom stereocenters. The molecule has 10 aromatic carbocycles. The minimum Gasteiger partial charge on any atom is -0.494 e. The third kappa shape index (κ3) is 17.0. The Morgan fingerprint density at radius 1 is 0.346 bits per heavy atom. The van der Waals surface area contributed by atoms with Crippen molar-refractivity contribution in [2.24, 2.45) is 20.0 Å². The number of hydrogen-bond acceptors (Lipinski definition) is 23. The molecule has 1 saturated heterocycles. The quantitative estimate of drug-likeness (QED) is 0.0336. The van der Waals surface area contributed by atoms with E-state index in [2.05, 4.69) is 0 Å². The Hall–Kier alpha value is -15.2. The molecule has 0 aromatic heterocycles. The van der Waals surface area contributed by atoms with Gasteiger partial charge in [-0.05, 0) is 155 Å². The highest BCUT2D eigenvalue weighted by Gasteiger charge is 2.42. The molecule has 644 valence electrons. The zero-order chi connectivity index (χ0) is 87.5. The number of hydrogen-bond donors (Lipinski definition) is 1. The predicted octanol–water partition coefficient (Wildman–Crippen LogP) is 15.7. The highest BCUT2D eigenvalue weighted by molar-refractivity contribution is 6.18. The van der Waals surface area contributed by atoms with Crippen LogP contribution in [-0.2, 0) is 76.1 Å². The summed E-state index contributed by atoms with van der Waals surface area (Å²) in [5, 5.41) is 9.62. The standard InChI is InChI=1S/C51H45N5O11.C47H42N4O9/c1-62-43-22-37-39(52-26-34-20-32-9-3-5-11-41(32)54(34)50(37)60)24-45(43)65-28-30-17-31(19-36(18-30)64-16-8-7-13-49(59)67-56-47(57)14-15-48(56)58)29-66-46-25-40-38(23-44(46)63-2)51(61)55-35(27-53-40)21-33-10-4-6-12-42(33)55;1-56-41-20-35-37(48-24-32-18-30-9-3-5-11-39(30)50(32)46(35)54)22-43(41)59-26-28-15-29(17-34(16-28)58-14-8-7-13-45(52)53)27-60-44-23-38-36(21-42(44)57-2)47(55)51-33(25-49-38)19-31-10-4-6-12-40(31)51/h3-6,9-12,17-19,22-27,34-35H,7-8,13-16,20-21,28-29H2,1-2H3;3-6,9-12,15-17,20-25,32-33H,7-8,13-14,18-19,26-27H2,1-2H3,(H,52,53)/t34-,35-;32-,33-/m00/s1. The topological polar surface area (TPSA) is 324 Å². The number of fused-ring (bicyclic) bond motifs is 16. The Morgan fingerprint density at radius 3 is 0.913 bits per heavy atom. The smallest absolute Gasteiger partial charge is 0.333 e. The Bertz CT molecular complexity index is 5900. The summed E-state index contributed by atoms with van der Waals surface area (Å²) >= 11 is 0. The molecule has 0 unspecified atom stereocenters. The average molecular weight is 1710 g/mol. The number of hydroxylamine groups is 2. The molecule has 9 aliphatic heterocycles. The number of para-hydroxylation sites is 4. The Balaban J connectivity index is 0.000000173. The van der Waals surface area contributed by atoms with Crippen LogP contribution in [-0.4, -0.2) is 148 Å². The lowest BCUT2D eigenvalue weighted by molar-refractivity contribution is -0.197. The fraction of sp³-hybridized carbons (Fsp3) is 0.265. The summed E-state index contributed by atoms with van der Waals surface area (Å²) in [6.45, 7) is 0.908. The van der Waals surface area contributed by atoms with Crippen LogP contribution in [0, 0.1) is 0 Å². The molecule has 0 bridgehead atoms. The normalized spacial score (nSPS) is 17.1. The SMILES string of the molecule is COc1cc2c(cc1OCc1cc(COc3cc4c(cc3OC)C(=O)N3c5ccccc5C[C@H]3C=N4)cc(OCCCCC(=O)O)c1)N=C[C@@H]1Cc3ccccc3N1C2=O.COc1cc2c(cc1OCc1cc(COc3cc4c(cc3OC)C(=O)N3c5ccccc5C[C@H]3C=N4)cc(OCCCCC(=O)ON3C(=O)CCC3=O)c1)N=C[C@@H]1Cc3ccccc3N1C2=O. The third-order valence-corrected chi connectivity index (χ3v) is 23.4. The van der Waals surface area contributed by atoms with Crippen LogP contribution in [0.15, 0.2) is 202 Å². The molecule has 0 spiro atoms. The van der Waals surface area contributed by atoms with Gasteiger partial charge in [-0.2, -0.15) is 0 Å². The zero-order valence-corrected chi connectivity index (χ0v) is 69.9. The van der Waals surface area contributed by atoms with Crippen molar-refractivity contribution in [2.45, 2.75) is 128 Å². The lowest BCUT2D eigenvalue weighted by atomic mass is 10.1. The van der Waals surface area contributed by atoms with E-state index < -0.39 is 23.8 Å². The van der Waals surface area contributed by atoms with Crippen LogP contribution in [0.5, 0.6) is 57.5 Å². The van der Waals surface area contributed by atoms with E-state index in [9.17, 15) is 38.4 Å². The number of benzene rings is 10. The minimum atomic E-state index is -0.850. The highest BCUT2D eigenvalue weighted by atomic mass is 16.7. The van der Waals surface area contributed by atoms with Crippen LogP contribution < -0.4 is 67.0 Å². The summed E-state index contributed by atoms with van der Waals surface area (Å²) in [6, 6.07) is 55.5. The van der Waals surface area contributed by atoms with Gasteiger partial charge in [-0.3, -0.25) is 73.1 Å². The van der Waals surface area contributed by atoms with E-state index in [1.165, 1.54) is 28.4 Å².